The Morgan fingerprint density at radius 2 is 1.57 bits per heavy atom. The van der Waals surface area contributed by atoms with Gasteiger partial charge < -0.3 is 4.57 Å². The molecule has 0 spiro atoms. The van der Waals surface area contributed by atoms with E-state index in [-0.39, 0.29) is 14.8 Å². The highest BCUT2D eigenvalue weighted by Gasteiger charge is 2.22. The second-order valence-corrected chi connectivity index (χ2v) is 12.9. The van der Waals surface area contributed by atoms with Crippen LogP contribution in [0.5, 0.6) is 0 Å². The molecule has 4 aromatic rings. The summed E-state index contributed by atoms with van der Waals surface area (Å²) >= 11 is 7.63. The number of aryl methyl sites for hydroxylation is 1. The highest BCUT2D eigenvalue weighted by atomic mass is 35.5. The molecule has 196 valence electrons. The average molecular weight is 580 g/mol. The topological polar surface area (TPSA) is 109 Å². The van der Waals surface area contributed by atoms with Gasteiger partial charge in [0.15, 0.2) is 4.80 Å². The van der Waals surface area contributed by atoms with Gasteiger partial charge >= 0.3 is 0 Å². The van der Waals surface area contributed by atoms with Crippen molar-refractivity contribution < 1.29 is 21.4 Å². The Hall–Kier alpha value is -2.80. The van der Waals surface area contributed by atoms with Crippen LogP contribution < -0.4 is 4.80 Å². The van der Waals surface area contributed by atoms with Crippen molar-refractivity contribution in [2.75, 3.05) is 14.1 Å². The van der Waals surface area contributed by atoms with Crippen LogP contribution in [0.1, 0.15) is 5.56 Å². The molecule has 0 aliphatic heterocycles. The second-order valence-electron chi connectivity index (χ2n) is 8.13. The van der Waals surface area contributed by atoms with Gasteiger partial charge in [0.25, 0.3) is 10.1 Å². The largest absolute Gasteiger partial charge is 0.320 e. The molecule has 8 nitrogen and oxygen atoms in total. The Balaban J connectivity index is 0.000000289. The maximum atomic E-state index is 12.5. The smallest absolute Gasteiger partial charge is 0.294 e. The molecule has 3 aromatic carbocycles. The lowest BCUT2D eigenvalue weighted by atomic mass is 10.2. The van der Waals surface area contributed by atoms with Crippen molar-refractivity contribution in [1.29, 1.82) is 0 Å². The predicted molar refractivity (Wildman–Crippen MR) is 147 cm³/mol. The Kier molecular flexibility index (Phi) is 9.11. The van der Waals surface area contributed by atoms with Crippen LogP contribution in [-0.2, 0) is 27.2 Å². The number of nitrogens with zero attached hydrogens (tertiary/aromatic N) is 3. The van der Waals surface area contributed by atoms with E-state index in [1.54, 1.807) is 24.3 Å². The molecule has 0 fully saturated rings. The molecule has 4 rings (SSSR count). The van der Waals surface area contributed by atoms with Crippen LogP contribution in [0.15, 0.2) is 93.0 Å². The lowest BCUT2D eigenvalue weighted by molar-refractivity contribution is 0.483. The fourth-order valence-corrected chi connectivity index (χ4v) is 5.91. The van der Waals surface area contributed by atoms with E-state index in [4.69, 9.17) is 16.2 Å². The summed E-state index contributed by atoms with van der Waals surface area (Å²) in [5.41, 5.74) is 3.46. The highest BCUT2D eigenvalue weighted by Crippen LogP contribution is 2.29. The quantitative estimate of drug-likeness (QED) is 0.330. The van der Waals surface area contributed by atoms with E-state index in [2.05, 4.69) is 4.99 Å². The van der Waals surface area contributed by atoms with Gasteiger partial charge in [0, 0.05) is 32.1 Å². The molecule has 37 heavy (non-hydrogen) atoms. The minimum atomic E-state index is -4.02. The second kappa shape index (κ2) is 11.7. The lowest BCUT2D eigenvalue weighted by Crippen LogP contribution is -2.22. The van der Waals surface area contributed by atoms with Gasteiger partial charge in [0.1, 0.15) is 4.90 Å². The third-order valence-corrected chi connectivity index (χ3v) is 9.29. The van der Waals surface area contributed by atoms with Crippen LogP contribution in [0.3, 0.4) is 0 Å². The van der Waals surface area contributed by atoms with E-state index >= 15 is 0 Å². The van der Waals surface area contributed by atoms with Crippen LogP contribution in [0, 0.1) is 6.92 Å². The zero-order valence-electron chi connectivity index (χ0n) is 20.5. The zero-order chi connectivity index (χ0) is 27.4. The molecule has 1 aromatic heterocycles. The molecule has 0 aliphatic carbocycles. The maximum Gasteiger partial charge on any atom is 0.294 e. The van der Waals surface area contributed by atoms with E-state index in [0.29, 0.717) is 0 Å². The number of sulfonamides is 1. The van der Waals surface area contributed by atoms with Gasteiger partial charge in [-0.2, -0.15) is 8.42 Å². The van der Waals surface area contributed by atoms with E-state index in [0.717, 1.165) is 31.6 Å². The predicted octanol–water partition coefficient (Wildman–Crippen LogP) is 5.13. The van der Waals surface area contributed by atoms with Crippen LogP contribution >= 0.6 is 22.9 Å². The number of aromatic nitrogens is 1. The van der Waals surface area contributed by atoms with Crippen LogP contribution in [-0.4, -0.2) is 44.4 Å². The minimum absolute atomic E-state index is 0.0666. The van der Waals surface area contributed by atoms with Crippen LogP contribution in [0.4, 0.5) is 5.69 Å². The van der Waals surface area contributed by atoms with Crippen molar-refractivity contribution in [2.24, 2.45) is 12.0 Å². The Morgan fingerprint density at radius 1 is 0.946 bits per heavy atom. The van der Waals surface area contributed by atoms with Gasteiger partial charge in [0.2, 0.25) is 10.0 Å². The molecule has 0 saturated carbocycles. The minimum Gasteiger partial charge on any atom is -0.320 e. The Morgan fingerprint density at radius 3 is 2.14 bits per heavy atom. The zero-order valence-corrected chi connectivity index (χ0v) is 23.7. The van der Waals surface area contributed by atoms with Gasteiger partial charge in [-0.15, -0.1) is 11.3 Å². The first-order chi connectivity index (χ1) is 17.3. The molecule has 0 bridgehead atoms. The monoisotopic (exact) mass is 579 g/mol. The van der Waals surface area contributed by atoms with Crippen molar-refractivity contribution in [2.45, 2.75) is 16.7 Å². The maximum absolute atomic E-state index is 12.5. The standard InChI is InChI=1S/C18H18ClN3O2S2.C7H8O3S/c1-21(2)26(23,24)17-11-13(9-10-15(17)19)16-12-25-18(22(16)3)20-14-7-5-4-6-8-14;1-6-2-4-7(5-3-6)11(8,9)10/h4-12H,1-3H3;2-5H,1H3,(H,8,9,10)/b20-18+;. The molecular formula is C25H26ClN3O5S3. The fraction of sp³-hybridized carbons (Fsp3) is 0.160. The van der Waals surface area contributed by atoms with Crippen molar-refractivity contribution in [1.82, 2.24) is 8.87 Å². The summed E-state index contributed by atoms with van der Waals surface area (Å²) in [6.07, 6.45) is 0. The molecule has 0 amide bonds. The normalized spacial score (nSPS) is 12.4. The molecule has 0 saturated heterocycles. The van der Waals surface area contributed by atoms with Crippen molar-refractivity contribution in [3.63, 3.8) is 0 Å². The summed E-state index contributed by atoms with van der Waals surface area (Å²) in [5, 5.41) is 2.16. The number of hydrogen-bond donors (Lipinski definition) is 1. The average Bonchev–Trinajstić information content (AvgIpc) is 3.20. The SMILES string of the molecule is CN(C)S(=O)(=O)c1cc(-c2cs/c(=N/c3ccccc3)n2C)ccc1Cl.Cc1ccc(S(=O)(=O)O)cc1. The molecule has 1 N–H and O–H groups in total. The Labute approximate surface area is 225 Å². The summed E-state index contributed by atoms with van der Waals surface area (Å²) in [5.74, 6) is 0. The molecule has 1 heterocycles. The number of hydrogen-bond acceptors (Lipinski definition) is 6. The molecule has 12 heteroatoms. The van der Waals surface area contributed by atoms with Crippen LogP contribution in [0.2, 0.25) is 5.02 Å². The van der Waals surface area contributed by atoms with Crippen molar-refractivity contribution in [3.8, 4) is 11.3 Å². The van der Waals surface area contributed by atoms with E-state index in [1.807, 2.05) is 60.3 Å². The third-order valence-electron chi connectivity index (χ3n) is 5.21. The van der Waals surface area contributed by atoms with Crippen LogP contribution in [0.25, 0.3) is 11.3 Å². The van der Waals surface area contributed by atoms with Crippen molar-refractivity contribution in [3.05, 3.63) is 93.6 Å². The first-order valence-corrected chi connectivity index (χ1v) is 15.0. The summed E-state index contributed by atoms with van der Waals surface area (Å²) in [4.78, 5) is 5.48. The number of thiazole rings is 1. The number of halogens is 1. The molecule has 0 unspecified atom stereocenters. The first-order valence-electron chi connectivity index (χ1n) is 10.8. The van der Waals surface area contributed by atoms with Gasteiger partial charge in [-0.3, -0.25) is 4.55 Å². The van der Waals surface area contributed by atoms with Gasteiger partial charge in [-0.25, -0.2) is 17.7 Å². The number of benzene rings is 3. The van der Waals surface area contributed by atoms with Gasteiger partial charge in [-0.05, 0) is 43.3 Å². The fourth-order valence-electron chi connectivity index (χ4n) is 3.11. The molecular weight excluding hydrogens is 554 g/mol. The summed E-state index contributed by atoms with van der Waals surface area (Å²) in [7, 11) is -2.76. The van der Waals surface area contributed by atoms with E-state index in [1.165, 1.54) is 37.6 Å². The molecule has 0 radical (unpaired) electrons. The molecule has 0 atom stereocenters. The van der Waals surface area contributed by atoms with Gasteiger partial charge in [-0.1, -0.05) is 53.6 Å². The highest BCUT2D eigenvalue weighted by molar-refractivity contribution is 7.89. The number of rotatable bonds is 5. The first kappa shape index (κ1) is 28.8. The molecule has 0 aliphatic rings. The third kappa shape index (κ3) is 7.16. The van der Waals surface area contributed by atoms with E-state index in [9.17, 15) is 16.8 Å². The summed E-state index contributed by atoms with van der Waals surface area (Å²) in [6.45, 7) is 1.84. The van der Waals surface area contributed by atoms with E-state index < -0.39 is 20.1 Å². The van der Waals surface area contributed by atoms with Crippen molar-refractivity contribution >= 4 is 48.8 Å². The Bertz CT molecular complexity index is 1660. The summed E-state index contributed by atoms with van der Waals surface area (Å²) < 4.78 is 57.6. The summed E-state index contributed by atoms with van der Waals surface area (Å²) in [6, 6.07) is 20.7. The lowest BCUT2D eigenvalue weighted by Gasteiger charge is -2.14. The van der Waals surface area contributed by atoms with Gasteiger partial charge in [0.05, 0.1) is 21.3 Å². The number of para-hydroxylation sites is 1.